The Morgan fingerprint density at radius 1 is 1.06 bits per heavy atom. The molecule has 1 aromatic heterocycles. The van der Waals surface area contributed by atoms with Crippen molar-refractivity contribution in [1.82, 2.24) is 19.8 Å². The molecule has 0 atom stereocenters. The molecule has 1 saturated heterocycles. The first-order valence-electron chi connectivity index (χ1n) is 11.1. The van der Waals surface area contributed by atoms with Crippen molar-refractivity contribution in [2.24, 2.45) is 0 Å². The molecule has 0 unspecified atom stereocenters. The zero-order valence-electron chi connectivity index (χ0n) is 18.7. The minimum Gasteiger partial charge on any atom is -0.378 e. The maximum Gasteiger partial charge on any atom is 0.271 e. The molecule has 1 fully saturated rings. The van der Waals surface area contributed by atoms with Gasteiger partial charge in [-0.05, 0) is 29.8 Å². The minimum atomic E-state index is -0.750. The van der Waals surface area contributed by atoms with Crippen LogP contribution in [0.1, 0.15) is 16.1 Å². The fraction of sp³-hybridized carbons (Fsp3) is 0.292. The summed E-state index contributed by atoms with van der Waals surface area (Å²) >= 11 is 0. The van der Waals surface area contributed by atoms with Crippen LogP contribution in [-0.2, 0) is 22.5 Å². The predicted molar refractivity (Wildman–Crippen MR) is 128 cm³/mol. The number of nitrogens with one attached hydrogen (secondary N) is 2. The zero-order chi connectivity index (χ0) is 23.7. The summed E-state index contributed by atoms with van der Waals surface area (Å²) in [5, 5.41) is 5.83. The quantitative estimate of drug-likeness (QED) is 0.558. The Hall–Kier alpha value is -3.50. The van der Waals surface area contributed by atoms with Crippen molar-refractivity contribution in [3.63, 3.8) is 0 Å². The molecule has 2 N–H and O–H groups in total. The molecule has 3 heterocycles. The van der Waals surface area contributed by atoms with Gasteiger partial charge >= 0.3 is 0 Å². The maximum absolute atomic E-state index is 14.5. The Labute approximate surface area is 206 Å². The summed E-state index contributed by atoms with van der Waals surface area (Å²) in [6.45, 7) is 2.96. The van der Waals surface area contributed by atoms with E-state index in [9.17, 15) is 18.4 Å². The molecule has 184 valence electrons. The molecule has 5 rings (SSSR count). The number of anilines is 2. The van der Waals surface area contributed by atoms with E-state index in [1.807, 2.05) is 12.1 Å². The topological polar surface area (TPSA) is 88.5 Å². The summed E-state index contributed by atoms with van der Waals surface area (Å²) in [7, 11) is 0. The van der Waals surface area contributed by atoms with Gasteiger partial charge in [0.15, 0.2) is 11.5 Å². The number of halogens is 3. The highest BCUT2D eigenvalue weighted by Gasteiger charge is 2.29. The molecule has 8 nitrogen and oxygen atoms in total. The van der Waals surface area contributed by atoms with E-state index in [1.54, 1.807) is 17.0 Å². The van der Waals surface area contributed by atoms with Gasteiger partial charge in [0.05, 0.1) is 25.2 Å². The summed E-state index contributed by atoms with van der Waals surface area (Å²) < 4.78 is 35.7. The van der Waals surface area contributed by atoms with Gasteiger partial charge in [0, 0.05) is 31.9 Å². The van der Waals surface area contributed by atoms with Crippen molar-refractivity contribution in [3.05, 3.63) is 65.4 Å². The van der Waals surface area contributed by atoms with Crippen LogP contribution in [0.3, 0.4) is 0 Å². The molecule has 0 radical (unpaired) electrons. The summed E-state index contributed by atoms with van der Waals surface area (Å²) in [6.07, 6.45) is 0.277. The Balaban J connectivity index is 0.00000289. The van der Waals surface area contributed by atoms with Crippen molar-refractivity contribution in [1.29, 1.82) is 0 Å². The number of amides is 2. The summed E-state index contributed by atoms with van der Waals surface area (Å²) in [6, 6.07) is 10.8. The van der Waals surface area contributed by atoms with Crippen LogP contribution in [0.2, 0.25) is 0 Å². The number of morpholine rings is 1. The molecule has 0 saturated carbocycles. The van der Waals surface area contributed by atoms with Gasteiger partial charge in [-0.15, -0.1) is 12.4 Å². The lowest BCUT2D eigenvalue weighted by Gasteiger charge is -2.26. The second kappa shape index (κ2) is 10.4. The predicted octanol–water partition coefficient (Wildman–Crippen LogP) is 3.14. The third-order valence-corrected chi connectivity index (χ3v) is 5.93. The number of carbonyl (C=O) groups is 2. The van der Waals surface area contributed by atoms with E-state index in [4.69, 9.17) is 4.74 Å². The number of benzene rings is 2. The zero-order valence-corrected chi connectivity index (χ0v) is 19.5. The Morgan fingerprint density at radius 3 is 2.43 bits per heavy atom. The van der Waals surface area contributed by atoms with Crippen molar-refractivity contribution in [2.75, 3.05) is 38.2 Å². The molecule has 2 amide bonds. The first-order chi connectivity index (χ1) is 16.5. The van der Waals surface area contributed by atoms with Crippen LogP contribution in [0.15, 0.2) is 42.5 Å². The number of rotatable bonds is 5. The van der Waals surface area contributed by atoms with Gasteiger partial charge < -0.3 is 24.8 Å². The second-order valence-electron chi connectivity index (χ2n) is 8.13. The van der Waals surface area contributed by atoms with E-state index < -0.39 is 11.6 Å². The maximum atomic E-state index is 14.5. The molecule has 0 spiro atoms. The van der Waals surface area contributed by atoms with Gasteiger partial charge in [-0.3, -0.25) is 9.59 Å². The van der Waals surface area contributed by atoms with E-state index in [-0.39, 0.29) is 53.5 Å². The molecular formula is C24H24ClF2N5O3. The molecule has 2 aliphatic heterocycles. The van der Waals surface area contributed by atoms with E-state index >= 15 is 0 Å². The first kappa shape index (κ1) is 24.6. The van der Waals surface area contributed by atoms with Gasteiger partial charge in [-0.25, -0.2) is 13.8 Å². The second-order valence-corrected chi connectivity index (χ2v) is 8.13. The van der Waals surface area contributed by atoms with Crippen LogP contribution in [0.4, 0.5) is 20.3 Å². The molecule has 0 bridgehead atoms. The van der Waals surface area contributed by atoms with Crippen LogP contribution in [0, 0.1) is 11.6 Å². The third-order valence-electron chi connectivity index (χ3n) is 5.93. The normalized spacial score (nSPS) is 15.1. The lowest BCUT2D eigenvalue weighted by Crippen LogP contribution is -2.41. The number of hydrogen-bond donors (Lipinski definition) is 2. The number of carbonyl (C=O) groups excluding carboxylic acids is 2. The SMILES string of the molecule is Cl.O=C1NCCn2c(-c3c(F)cccc3F)nc(Nc3ccc(CC(=O)N4CCOCC4)cc3)c21. The summed E-state index contributed by atoms with van der Waals surface area (Å²) in [5.41, 5.74) is 1.40. The molecule has 11 heteroatoms. The van der Waals surface area contributed by atoms with Gasteiger partial charge in [0.25, 0.3) is 5.91 Å². The molecule has 35 heavy (non-hydrogen) atoms. The average Bonchev–Trinajstić information content (AvgIpc) is 3.20. The Kier molecular flexibility index (Phi) is 7.32. The van der Waals surface area contributed by atoms with Gasteiger partial charge in [0.2, 0.25) is 5.91 Å². The summed E-state index contributed by atoms with van der Waals surface area (Å²) in [5.74, 6) is -1.58. The molecule has 2 aliphatic rings. The van der Waals surface area contributed by atoms with Crippen molar-refractivity contribution in [2.45, 2.75) is 13.0 Å². The minimum absolute atomic E-state index is 0. The lowest BCUT2D eigenvalue weighted by molar-refractivity contribution is -0.134. The number of hydrogen-bond acceptors (Lipinski definition) is 5. The third kappa shape index (κ3) is 4.98. The molecular weight excluding hydrogens is 480 g/mol. The molecule has 0 aliphatic carbocycles. The molecule has 2 aromatic carbocycles. The summed E-state index contributed by atoms with van der Waals surface area (Å²) in [4.78, 5) is 31.2. The molecule has 3 aromatic rings. The van der Waals surface area contributed by atoms with Crippen LogP contribution < -0.4 is 10.6 Å². The lowest BCUT2D eigenvalue weighted by atomic mass is 10.1. The number of aromatic nitrogens is 2. The van der Waals surface area contributed by atoms with Crippen LogP contribution in [0.25, 0.3) is 11.4 Å². The van der Waals surface area contributed by atoms with Crippen LogP contribution in [-0.4, -0.2) is 59.1 Å². The number of ether oxygens (including phenoxy) is 1. The van der Waals surface area contributed by atoms with Gasteiger partial charge in [-0.2, -0.15) is 0 Å². The van der Waals surface area contributed by atoms with Crippen molar-refractivity contribution < 1.29 is 23.1 Å². The monoisotopic (exact) mass is 503 g/mol. The van der Waals surface area contributed by atoms with Crippen LogP contribution in [0.5, 0.6) is 0 Å². The largest absolute Gasteiger partial charge is 0.378 e. The highest BCUT2D eigenvalue weighted by molar-refractivity contribution is 5.99. The van der Waals surface area contributed by atoms with E-state index in [2.05, 4.69) is 15.6 Å². The Morgan fingerprint density at radius 2 is 1.74 bits per heavy atom. The van der Waals surface area contributed by atoms with E-state index in [0.717, 1.165) is 17.7 Å². The smallest absolute Gasteiger partial charge is 0.271 e. The van der Waals surface area contributed by atoms with E-state index in [1.165, 1.54) is 10.6 Å². The van der Waals surface area contributed by atoms with Gasteiger partial charge in [-0.1, -0.05) is 18.2 Å². The van der Waals surface area contributed by atoms with E-state index in [0.29, 0.717) is 45.1 Å². The highest BCUT2D eigenvalue weighted by atomic mass is 35.5. The highest BCUT2D eigenvalue weighted by Crippen LogP contribution is 2.32. The standard InChI is InChI=1S/C24H23F2N5O3.ClH/c25-17-2-1-3-18(26)20(17)23-29-22(21-24(33)27-8-9-31(21)23)28-16-6-4-15(5-7-16)14-19(32)30-10-12-34-13-11-30;/h1-7,28H,8-14H2,(H,27,33);1H. The van der Waals surface area contributed by atoms with Gasteiger partial charge in [0.1, 0.15) is 17.5 Å². The fourth-order valence-corrected chi connectivity index (χ4v) is 4.20. The number of imidazole rings is 1. The number of fused-ring (bicyclic) bond motifs is 1. The van der Waals surface area contributed by atoms with Crippen molar-refractivity contribution in [3.8, 4) is 11.4 Å². The Bertz CT molecular complexity index is 1220. The van der Waals surface area contributed by atoms with Crippen LogP contribution >= 0.6 is 12.4 Å². The average molecular weight is 504 g/mol. The fourth-order valence-electron chi connectivity index (χ4n) is 4.20. The van der Waals surface area contributed by atoms with Crippen molar-refractivity contribution >= 4 is 35.7 Å². The first-order valence-corrected chi connectivity index (χ1v) is 11.1. The number of nitrogens with zero attached hydrogens (tertiary/aromatic N) is 3.